The summed E-state index contributed by atoms with van der Waals surface area (Å²) in [5, 5.41) is 0. The van der Waals surface area contributed by atoms with Crippen LogP contribution < -0.4 is 0 Å². The van der Waals surface area contributed by atoms with Crippen molar-refractivity contribution in [2.24, 2.45) is 5.92 Å². The van der Waals surface area contributed by atoms with Crippen LogP contribution >= 0.6 is 0 Å². The number of sulfonamides is 1. The van der Waals surface area contributed by atoms with E-state index in [1.807, 2.05) is 19.0 Å². The van der Waals surface area contributed by atoms with E-state index in [-0.39, 0.29) is 4.90 Å². The Morgan fingerprint density at radius 1 is 1.15 bits per heavy atom. The molecule has 1 aliphatic carbocycles. The van der Waals surface area contributed by atoms with E-state index in [9.17, 15) is 13.2 Å². The molecule has 0 saturated heterocycles. The van der Waals surface area contributed by atoms with Crippen molar-refractivity contribution in [1.82, 2.24) is 9.21 Å². The molecule has 2 rings (SSSR count). The summed E-state index contributed by atoms with van der Waals surface area (Å²) in [6, 6.07) is 4.79. The predicted molar refractivity (Wildman–Crippen MR) is 106 cm³/mol. The van der Waals surface area contributed by atoms with E-state index in [1.165, 1.54) is 26.4 Å². The van der Waals surface area contributed by atoms with Gasteiger partial charge in [0.25, 0.3) is 0 Å². The van der Waals surface area contributed by atoms with E-state index in [4.69, 9.17) is 4.74 Å². The molecule has 0 spiro atoms. The number of nitrogens with zero attached hydrogens (tertiary/aromatic N) is 2. The molecule has 0 atom stereocenters. The Morgan fingerprint density at radius 2 is 1.81 bits per heavy atom. The predicted octanol–water partition coefficient (Wildman–Crippen LogP) is 2.91. The van der Waals surface area contributed by atoms with E-state index < -0.39 is 16.0 Å². The van der Waals surface area contributed by atoms with Gasteiger partial charge in [0.15, 0.2) is 0 Å². The number of esters is 1. The minimum atomic E-state index is -3.69. The molecule has 1 aliphatic rings. The molecule has 0 aliphatic heterocycles. The number of rotatable bonds is 8. The molecule has 6 nitrogen and oxygen atoms in total. The highest BCUT2D eigenvalue weighted by molar-refractivity contribution is 7.89. The number of ether oxygens (including phenoxy) is 1. The lowest BCUT2D eigenvalue weighted by Crippen LogP contribution is -2.40. The van der Waals surface area contributed by atoms with Crippen LogP contribution in [-0.2, 0) is 14.8 Å². The molecule has 1 aromatic rings. The third kappa shape index (κ3) is 5.53. The van der Waals surface area contributed by atoms with Gasteiger partial charge in [-0.05, 0) is 57.5 Å². The Kier molecular flexibility index (Phi) is 7.82. The fraction of sp³-hybridized carbons (Fsp3) is 0.650. The summed E-state index contributed by atoms with van der Waals surface area (Å²) in [5.41, 5.74) is 0.742. The summed E-state index contributed by atoms with van der Waals surface area (Å²) in [6.07, 6.45) is 5.73. The van der Waals surface area contributed by atoms with E-state index in [2.05, 4.69) is 0 Å². The standard InChI is InChI=1S/C20H32N2O4S/c1-16-18(20(23)26-4)11-8-12-19(16)27(24,25)22(14-13-21(2)3)15-17-9-6-5-7-10-17/h8,11-12,17H,5-7,9-10,13-15H2,1-4H3. The van der Waals surface area contributed by atoms with Crippen LogP contribution in [0.4, 0.5) is 0 Å². The highest BCUT2D eigenvalue weighted by atomic mass is 32.2. The molecule has 1 saturated carbocycles. The molecule has 0 amide bonds. The second kappa shape index (κ2) is 9.66. The number of likely N-dealkylation sites (N-methyl/N-ethyl adjacent to an activating group) is 1. The highest BCUT2D eigenvalue weighted by Crippen LogP contribution is 2.28. The van der Waals surface area contributed by atoms with Crippen molar-refractivity contribution in [2.45, 2.75) is 43.9 Å². The first kappa shape index (κ1) is 21.9. The molecule has 7 heteroatoms. The number of carbonyl (C=O) groups is 1. The Bertz CT molecular complexity index is 740. The molecular formula is C20H32N2O4S. The molecule has 1 aromatic carbocycles. The van der Waals surface area contributed by atoms with Crippen LogP contribution in [0.25, 0.3) is 0 Å². The first-order valence-corrected chi connectivity index (χ1v) is 11.0. The number of benzene rings is 1. The summed E-state index contributed by atoms with van der Waals surface area (Å²) < 4.78 is 33.3. The van der Waals surface area contributed by atoms with Gasteiger partial charge in [-0.2, -0.15) is 4.31 Å². The van der Waals surface area contributed by atoms with Gasteiger partial charge in [0, 0.05) is 19.6 Å². The van der Waals surface area contributed by atoms with Crippen molar-refractivity contribution < 1.29 is 17.9 Å². The minimum Gasteiger partial charge on any atom is -0.465 e. The Morgan fingerprint density at radius 3 is 2.41 bits per heavy atom. The molecule has 0 radical (unpaired) electrons. The van der Waals surface area contributed by atoms with Gasteiger partial charge < -0.3 is 9.64 Å². The van der Waals surface area contributed by atoms with Crippen LogP contribution in [0.5, 0.6) is 0 Å². The summed E-state index contributed by atoms with van der Waals surface area (Å²) in [5.74, 6) is -0.114. The van der Waals surface area contributed by atoms with Crippen LogP contribution in [0.3, 0.4) is 0 Å². The van der Waals surface area contributed by atoms with Crippen molar-refractivity contribution in [3.63, 3.8) is 0 Å². The summed E-state index contributed by atoms with van der Waals surface area (Å²) in [7, 11) is 1.49. The highest BCUT2D eigenvalue weighted by Gasteiger charge is 2.30. The summed E-state index contributed by atoms with van der Waals surface area (Å²) in [6.45, 7) is 3.30. The van der Waals surface area contributed by atoms with Gasteiger partial charge in [-0.25, -0.2) is 13.2 Å². The average molecular weight is 397 g/mol. The van der Waals surface area contributed by atoms with Gasteiger partial charge in [-0.15, -0.1) is 0 Å². The molecule has 0 unspecified atom stereocenters. The molecule has 0 heterocycles. The molecule has 152 valence electrons. The lowest BCUT2D eigenvalue weighted by molar-refractivity contribution is 0.0599. The van der Waals surface area contributed by atoms with Crippen molar-refractivity contribution in [1.29, 1.82) is 0 Å². The topological polar surface area (TPSA) is 66.9 Å². The van der Waals surface area contributed by atoms with Crippen molar-refractivity contribution in [3.05, 3.63) is 29.3 Å². The lowest BCUT2D eigenvalue weighted by Gasteiger charge is -2.30. The molecular weight excluding hydrogens is 364 g/mol. The maximum atomic E-state index is 13.5. The van der Waals surface area contributed by atoms with Gasteiger partial charge in [0.05, 0.1) is 17.6 Å². The van der Waals surface area contributed by atoms with Crippen LogP contribution in [0.2, 0.25) is 0 Å². The Hall–Kier alpha value is -1.44. The Balaban J connectivity index is 2.35. The number of methoxy groups -OCH3 is 1. The van der Waals surface area contributed by atoms with Crippen LogP contribution in [0.1, 0.15) is 48.0 Å². The zero-order valence-electron chi connectivity index (χ0n) is 16.9. The fourth-order valence-electron chi connectivity index (χ4n) is 3.64. The smallest absolute Gasteiger partial charge is 0.338 e. The third-order valence-electron chi connectivity index (χ3n) is 5.29. The SMILES string of the molecule is COC(=O)c1cccc(S(=O)(=O)N(CCN(C)C)CC2CCCCC2)c1C. The first-order valence-electron chi connectivity index (χ1n) is 9.60. The van der Waals surface area contributed by atoms with E-state index in [1.54, 1.807) is 29.4 Å². The Labute approximate surface area is 163 Å². The second-order valence-corrected chi connectivity index (χ2v) is 9.50. The fourth-order valence-corrected chi connectivity index (χ4v) is 5.40. The maximum absolute atomic E-state index is 13.5. The molecule has 0 bridgehead atoms. The van der Waals surface area contributed by atoms with Crippen molar-refractivity contribution in [3.8, 4) is 0 Å². The van der Waals surface area contributed by atoms with Gasteiger partial charge in [0.1, 0.15) is 0 Å². The third-order valence-corrected chi connectivity index (χ3v) is 7.30. The van der Waals surface area contributed by atoms with Gasteiger partial charge in [-0.3, -0.25) is 0 Å². The monoisotopic (exact) mass is 396 g/mol. The first-order chi connectivity index (χ1) is 12.8. The van der Waals surface area contributed by atoms with Crippen LogP contribution in [-0.4, -0.2) is 64.4 Å². The number of carbonyl (C=O) groups excluding carboxylic acids is 1. The van der Waals surface area contributed by atoms with Crippen molar-refractivity contribution in [2.75, 3.05) is 40.8 Å². The largest absolute Gasteiger partial charge is 0.465 e. The number of hydrogen-bond donors (Lipinski definition) is 0. The zero-order chi connectivity index (χ0) is 20.0. The molecule has 1 fully saturated rings. The summed E-state index contributed by atoms with van der Waals surface area (Å²) in [4.78, 5) is 14.2. The van der Waals surface area contributed by atoms with Crippen molar-refractivity contribution >= 4 is 16.0 Å². The van der Waals surface area contributed by atoms with E-state index in [0.29, 0.717) is 36.7 Å². The zero-order valence-corrected chi connectivity index (χ0v) is 17.7. The molecule has 0 N–H and O–H groups in total. The molecule has 0 aromatic heterocycles. The second-order valence-electron chi connectivity index (χ2n) is 7.59. The number of hydrogen-bond acceptors (Lipinski definition) is 5. The van der Waals surface area contributed by atoms with Crippen LogP contribution in [0.15, 0.2) is 23.1 Å². The van der Waals surface area contributed by atoms with E-state index >= 15 is 0 Å². The van der Waals surface area contributed by atoms with E-state index in [0.717, 1.165) is 12.8 Å². The quantitative estimate of drug-likeness (QED) is 0.632. The lowest BCUT2D eigenvalue weighted by atomic mass is 9.89. The maximum Gasteiger partial charge on any atom is 0.338 e. The summed E-state index contributed by atoms with van der Waals surface area (Å²) >= 11 is 0. The average Bonchev–Trinajstić information content (AvgIpc) is 2.65. The van der Waals surface area contributed by atoms with Crippen LogP contribution in [0, 0.1) is 12.8 Å². The van der Waals surface area contributed by atoms with Gasteiger partial charge in [0.2, 0.25) is 10.0 Å². The van der Waals surface area contributed by atoms with Gasteiger partial charge >= 0.3 is 5.97 Å². The van der Waals surface area contributed by atoms with Gasteiger partial charge in [-0.1, -0.05) is 25.3 Å². The minimum absolute atomic E-state index is 0.194. The molecule has 27 heavy (non-hydrogen) atoms. The normalized spacial score (nSPS) is 16.1.